The molecule has 0 atom stereocenters. The molecule has 0 saturated heterocycles. The summed E-state index contributed by atoms with van der Waals surface area (Å²) in [6.07, 6.45) is -0.161. The Hall–Kier alpha value is -2.91. The number of carbonyl (C=O) groups excluding carboxylic acids is 1. The summed E-state index contributed by atoms with van der Waals surface area (Å²) in [5, 5.41) is 3.13. The second-order valence-electron chi connectivity index (χ2n) is 6.37. The first-order valence-corrected chi connectivity index (χ1v) is 11.3. The van der Waals surface area contributed by atoms with Gasteiger partial charge in [-0.15, -0.1) is 0 Å². The molecule has 29 heavy (non-hydrogen) atoms. The van der Waals surface area contributed by atoms with Gasteiger partial charge in [-0.1, -0.05) is 23.5 Å². The van der Waals surface area contributed by atoms with Crippen LogP contribution in [0, 0.1) is 0 Å². The van der Waals surface area contributed by atoms with Crippen LogP contribution in [0.5, 0.6) is 11.5 Å². The number of rotatable bonds is 6. The van der Waals surface area contributed by atoms with Gasteiger partial charge in [-0.3, -0.25) is 4.79 Å². The quantitative estimate of drug-likeness (QED) is 0.643. The summed E-state index contributed by atoms with van der Waals surface area (Å²) >= 11 is 1.33. The number of hydrogen-bond acceptors (Lipinski definition) is 7. The molecule has 0 aliphatic carbocycles. The van der Waals surface area contributed by atoms with E-state index >= 15 is 0 Å². The summed E-state index contributed by atoms with van der Waals surface area (Å²) in [6.45, 7) is 0.395. The third kappa shape index (κ3) is 4.10. The van der Waals surface area contributed by atoms with Crippen LogP contribution in [0.3, 0.4) is 0 Å². The van der Waals surface area contributed by atoms with E-state index in [-0.39, 0.29) is 17.1 Å². The first kappa shape index (κ1) is 19.4. The summed E-state index contributed by atoms with van der Waals surface area (Å²) in [6, 6.07) is 13.7. The van der Waals surface area contributed by atoms with Crippen molar-refractivity contribution in [2.75, 3.05) is 18.2 Å². The standard InChI is InChI=1S/C20H18N2O5S2/c1-26-13-6-8-14(9-7-13)29(24,25)11-10-18(23)21-20-22-19-15-4-2-3-5-16(15)27-12-17(19)28-20/h2-9H,10-12H2,1H3,(H,21,22,23). The van der Waals surface area contributed by atoms with Gasteiger partial charge in [0.05, 0.1) is 28.3 Å². The molecule has 0 unspecified atom stereocenters. The van der Waals surface area contributed by atoms with Crippen molar-refractivity contribution < 1.29 is 22.7 Å². The molecule has 1 aliphatic rings. The predicted molar refractivity (Wildman–Crippen MR) is 110 cm³/mol. The van der Waals surface area contributed by atoms with E-state index in [1.54, 1.807) is 12.1 Å². The van der Waals surface area contributed by atoms with Crippen molar-refractivity contribution >= 4 is 32.2 Å². The Bertz CT molecular complexity index is 1150. The van der Waals surface area contributed by atoms with Crippen molar-refractivity contribution in [1.29, 1.82) is 0 Å². The minimum Gasteiger partial charge on any atom is -0.497 e. The van der Waals surface area contributed by atoms with E-state index in [0.717, 1.165) is 21.9 Å². The van der Waals surface area contributed by atoms with Crippen molar-refractivity contribution in [1.82, 2.24) is 4.98 Å². The molecule has 0 saturated carbocycles. The van der Waals surface area contributed by atoms with Gasteiger partial charge in [0.2, 0.25) is 5.91 Å². The zero-order valence-corrected chi connectivity index (χ0v) is 17.2. The fourth-order valence-corrected chi connectivity index (χ4v) is 5.10. The number of ether oxygens (including phenoxy) is 2. The van der Waals surface area contributed by atoms with E-state index in [2.05, 4.69) is 10.3 Å². The average molecular weight is 431 g/mol. The molecule has 4 rings (SSSR count). The number of amides is 1. The van der Waals surface area contributed by atoms with E-state index in [9.17, 15) is 13.2 Å². The Balaban J connectivity index is 1.41. The van der Waals surface area contributed by atoms with Crippen molar-refractivity contribution in [3.05, 3.63) is 53.4 Å². The van der Waals surface area contributed by atoms with Crippen LogP contribution in [0.4, 0.5) is 5.13 Å². The molecule has 0 fully saturated rings. The maximum atomic E-state index is 12.4. The van der Waals surface area contributed by atoms with Crippen LogP contribution < -0.4 is 14.8 Å². The van der Waals surface area contributed by atoms with Crippen molar-refractivity contribution in [3.63, 3.8) is 0 Å². The highest BCUT2D eigenvalue weighted by atomic mass is 32.2. The fourth-order valence-electron chi connectivity index (χ4n) is 2.95. The topological polar surface area (TPSA) is 94.6 Å². The lowest BCUT2D eigenvalue weighted by Crippen LogP contribution is -2.17. The van der Waals surface area contributed by atoms with E-state index < -0.39 is 15.7 Å². The van der Waals surface area contributed by atoms with E-state index in [1.807, 2.05) is 24.3 Å². The average Bonchev–Trinajstić information content (AvgIpc) is 3.15. The highest BCUT2D eigenvalue weighted by Crippen LogP contribution is 2.40. The van der Waals surface area contributed by atoms with Gasteiger partial charge in [0.25, 0.3) is 0 Å². The van der Waals surface area contributed by atoms with E-state index in [4.69, 9.17) is 9.47 Å². The largest absolute Gasteiger partial charge is 0.497 e. The number of carbonyl (C=O) groups is 1. The number of sulfone groups is 1. The van der Waals surface area contributed by atoms with Gasteiger partial charge in [0, 0.05) is 12.0 Å². The molecule has 3 aromatic rings. The van der Waals surface area contributed by atoms with Crippen LogP contribution >= 0.6 is 11.3 Å². The number of nitrogens with one attached hydrogen (secondary N) is 1. The Morgan fingerprint density at radius 2 is 1.97 bits per heavy atom. The zero-order chi connectivity index (χ0) is 20.4. The number of thiazole rings is 1. The number of hydrogen-bond donors (Lipinski definition) is 1. The van der Waals surface area contributed by atoms with Crippen LogP contribution in [0.1, 0.15) is 11.3 Å². The van der Waals surface area contributed by atoms with Crippen molar-refractivity contribution in [2.24, 2.45) is 0 Å². The van der Waals surface area contributed by atoms with Crippen LogP contribution in [-0.2, 0) is 21.2 Å². The molecule has 150 valence electrons. The molecule has 2 heterocycles. The molecule has 0 bridgehead atoms. The number of methoxy groups -OCH3 is 1. The normalized spacial score (nSPS) is 12.4. The Kier molecular flexibility index (Phi) is 5.25. The fraction of sp³-hybridized carbons (Fsp3) is 0.200. The minimum absolute atomic E-state index is 0.157. The second-order valence-corrected chi connectivity index (χ2v) is 9.56. The predicted octanol–water partition coefficient (Wildman–Crippen LogP) is 3.51. The molecule has 1 amide bonds. The number of para-hydroxylation sites is 1. The van der Waals surface area contributed by atoms with Crippen LogP contribution in [0.15, 0.2) is 53.4 Å². The Morgan fingerprint density at radius 3 is 2.72 bits per heavy atom. The molecule has 1 aromatic heterocycles. The van der Waals surface area contributed by atoms with Crippen LogP contribution in [0.25, 0.3) is 11.3 Å². The number of benzene rings is 2. The van der Waals surface area contributed by atoms with Crippen molar-refractivity contribution in [2.45, 2.75) is 17.9 Å². The van der Waals surface area contributed by atoms with Gasteiger partial charge in [-0.2, -0.15) is 0 Å². The summed E-state index contributed by atoms with van der Waals surface area (Å²) in [5.41, 5.74) is 1.67. The molecule has 1 N–H and O–H groups in total. The third-order valence-corrected chi connectivity index (χ3v) is 7.14. The monoisotopic (exact) mass is 430 g/mol. The molecule has 1 aliphatic heterocycles. The van der Waals surface area contributed by atoms with Gasteiger partial charge in [-0.25, -0.2) is 13.4 Å². The van der Waals surface area contributed by atoms with Gasteiger partial charge < -0.3 is 14.8 Å². The lowest BCUT2D eigenvalue weighted by Gasteiger charge is -2.15. The maximum Gasteiger partial charge on any atom is 0.227 e. The maximum absolute atomic E-state index is 12.4. The SMILES string of the molecule is COc1ccc(S(=O)(=O)CCC(=O)Nc2nc3c(s2)COc2ccccc2-3)cc1. The second kappa shape index (κ2) is 7.84. The van der Waals surface area contributed by atoms with Crippen LogP contribution in [0.2, 0.25) is 0 Å². The number of anilines is 1. The van der Waals surface area contributed by atoms with Gasteiger partial charge in [0.15, 0.2) is 15.0 Å². The van der Waals surface area contributed by atoms with Crippen LogP contribution in [-0.4, -0.2) is 32.2 Å². The zero-order valence-electron chi connectivity index (χ0n) is 15.5. The summed E-state index contributed by atoms with van der Waals surface area (Å²) < 4.78 is 35.6. The Morgan fingerprint density at radius 1 is 1.21 bits per heavy atom. The molecule has 7 nitrogen and oxygen atoms in total. The molecule has 9 heteroatoms. The lowest BCUT2D eigenvalue weighted by molar-refractivity contribution is -0.115. The Labute approximate surface area is 172 Å². The van der Waals surface area contributed by atoms with Crippen molar-refractivity contribution in [3.8, 4) is 22.8 Å². The third-order valence-electron chi connectivity index (χ3n) is 4.46. The van der Waals surface area contributed by atoms with E-state index in [0.29, 0.717) is 17.5 Å². The van der Waals surface area contributed by atoms with E-state index in [1.165, 1.54) is 30.6 Å². The lowest BCUT2D eigenvalue weighted by atomic mass is 10.1. The molecular weight excluding hydrogens is 412 g/mol. The summed E-state index contributed by atoms with van der Waals surface area (Å²) in [4.78, 5) is 17.9. The highest BCUT2D eigenvalue weighted by molar-refractivity contribution is 7.91. The smallest absolute Gasteiger partial charge is 0.227 e. The summed E-state index contributed by atoms with van der Waals surface area (Å²) in [5.74, 6) is 0.637. The first-order valence-electron chi connectivity index (χ1n) is 8.85. The van der Waals surface area contributed by atoms with Gasteiger partial charge in [0.1, 0.15) is 18.1 Å². The molecule has 0 radical (unpaired) electrons. The number of nitrogens with zero attached hydrogens (tertiary/aromatic N) is 1. The molecule has 2 aromatic carbocycles. The van der Waals surface area contributed by atoms with Gasteiger partial charge >= 0.3 is 0 Å². The number of fused-ring (bicyclic) bond motifs is 3. The number of aromatic nitrogens is 1. The van der Waals surface area contributed by atoms with Gasteiger partial charge in [-0.05, 0) is 36.4 Å². The molecular formula is C20H18N2O5S2. The molecule has 0 spiro atoms. The minimum atomic E-state index is -3.57. The summed E-state index contributed by atoms with van der Waals surface area (Å²) in [7, 11) is -2.06. The first-order chi connectivity index (χ1) is 14.0. The highest BCUT2D eigenvalue weighted by Gasteiger charge is 2.23.